The minimum absolute atomic E-state index is 0.177. The van der Waals surface area contributed by atoms with Crippen LogP contribution < -0.4 is 10.1 Å². The highest BCUT2D eigenvalue weighted by atomic mass is 19.4. The fraction of sp³-hybridized carbons (Fsp3) is 0.222. The zero-order valence-electron chi connectivity index (χ0n) is 13.4. The summed E-state index contributed by atoms with van der Waals surface area (Å²) < 4.78 is 42.4. The molecule has 0 aliphatic rings. The van der Waals surface area contributed by atoms with Crippen LogP contribution in [0.5, 0.6) is 5.75 Å². The lowest BCUT2D eigenvalue weighted by molar-refractivity contribution is -0.137. The van der Waals surface area contributed by atoms with E-state index in [1.165, 1.54) is 31.2 Å². The summed E-state index contributed by atoms with van der Waals surface area (Å²) in [5.74, 6) is -0.345. The molecule has 4 nitrogen and oxygen atoms in total. The Kier molecular flexibility index (Phi) is 5.80. The topological polar surface area (TPSA) is 55.4 Å². The second-order valence-corrected chi connectivity index (χ2v) is 5.34. The minimum atomic E-state index is -4.34. The van der Waals surface area contributed by atoms with Crippen LogP contribution in [0.1, 0.15) is 28.4 Å². The van der Waals surface area contributed by atoms with Gasteiger partial charge in [0.15, 0.2) is 6.29 Å². The fourth-order valence-corrected chi connectivity index (χ4v) is 2.21. The molecular formula is C18H16F3NO3. The van der Waals surface area contributed by atoms with E-state index in [0.29, 0.717) is 24.9 Å². The number of carbonyl (C=O) groups is 2. The van der Waals surface area contributed by atoms with Crippen LogP contribution >= 0.6 is 0 Å². The molecule has 132 valence electrons. The SMILES string of the molecule is CC(=O)Oc1ccc(NCCc2ccc(C(F)(F)F)cc2)cc1C=O. The van der Waals surface area contributed by atoms with Gasteiger partial charge < -0.3 is 10.1 Å². The molecule has 0 aromatic heterocycles. The van der Waals surface area contributed by atoms with E-state index >= 15 is 0 Å². The number of benzene rings is 2. The Balaban J connectivity index is 1.95. The molecule has 0 unspecified atom stereocenters. The maximum Gasteiger partial charge on any atom is 0.416 e. The van der Waals surface area contributed by atoms with Gasteiger partial charge in [0.05, 0.1) is 11.1 Å². The van der Waals surface area contributed by atoms with E-state index in [4.69, 9.17) is 4.74 Å². The van der Waals surface area contributed by atoms with Crippen molar-refractivity contribution in [2.45, 2.75) is 19.5 Å². The second kappa shape index (κ2) is 7.83. The van der Waals surface area contributed by atoms with Crippen LogP contribution in [-0.2, 0) is 17.4 Å². The Morgan fingerprint density at radius 1 is 1.16 bits per heavy atom. The average molecular weight is 351 g/mol. The van der Waals surface area contributed by atoms with Crippen molar-refractivity contribution >= 4 is 17.9 Å². The predicted octanol–water partition coefficient (Wildman–Crippen LogP) is 4.10. The Morgan fingerprint density at radius 2 is 1.84 bits per heavy atom. The van der Waals surface area contributed by atoms with Crippen molar-refractivity contribution in [3.8, 4) is 5.75 Å². The Hall–Kier alpha value is -2.83. The maximum atomic E-state index is 12.5. The van der Waals surface area contributed by atoms with Gasteiger partial charge in [0.25, 0.3) is 0 Å². The maximum absolute atomic E-state index is 12.5. The summed E-state index contributed by atoms with van der Waals surface area (Å²) in [4.78, 5) is 22.0. The summed E-state index contributed by atoms with van der Waals surface area (Å²) in [6.45, 7) is 1.71. The van der Waals surface area contributed by atoms with Crippen molar-refractivity contribution in [2.24, 2.45) is 0 Å². The number of hydrogen-bond acceptors (Lipinski definition) is 4. The van der Waals surface area contributed by atoms with Crippen LogP contribution in [0.25, 0.3) is 0 Å². The highest BCUT2D eigenvalue weighted by molar-refractivity contribution is 5.83. The van der Waals surface area contributed by atoms with Crippen molar-refractivity contribution in [1.29, 1.82) is 0 Å². The summed E-state index contributed by atoms with van der Waals surface area (Å²) in [7, 11) is 0. The van der Waals surface area contributed by atoms with E-state index in [9.17, 15) is 22.8 Å². The molecule has 25 heavy (non-hydrogen) atoms. The van der Waals surface area contributed by atoms with E-state index in [0.717, 1.165) is 17.7 Å². The number of rotatable bonds is 6. The Labute approximate surface area is 142 Å². The van der Waals surface area contributed by atoms with Gasteiger partial charge in [-0.2, -0.15) is 13.2 Å². The number of alkyl halides is 3. The van der Waals surface area contributed by atoms with Crippen molar-refractivity contribution in [3.63, 3.8) is 0 Å². The first kappa shape index (κ1) is 18.5. The number of ether oxygens (including phenoxy) is 1. The van der Waals surface area contributed by atoms with E-state index in [1.807, 2.05) is 0 Å². The van der Waals surface area contributed by atoms with Crippen LogP contribution in [0.3, 0.4) is 0 Å². The van der Waals surface area contributed by atoms with E-state index < -0.39 is 17.7 Å². The minimum Gasteiger partial charge on any atom is -0.426 e. The molecular weight excluding hydrogens is 335 g/mol. The molecule has 0 radical (unpaired) electrons. The molecule has 0 saturated carbocycles. The standard InChI is InChI=1S/C18H16F3NO3/c1-12(24)25-17-7-6-16(10-14(17)11-23)22-9-8-13-2-4-15(5-3-13)18(19,20)21/h2-7,10-11,22H,8-9H2,1H3. The Bertz CT molecular complexity index is 755. The molecule has 0 aliphatic heterocycles. The first-order chi connectivity index (χ1) is 11.8. The molecule has 0 fully saturated rings. The largest absolute Gasteiger partial charge is 0.426 e. The molecule has 2 rings (SSSR count). The zero-order chi connectivity index (χ0) is 18.4. The number of halogens is 3. The van der Waals surface area contributed by atoms with Crippen LogP contribution in [0.4, 0.5) is 18.9 Å². The third-order valence-electron chi connectivity index (χ3n) is 3.41. The van der Waals surface area contributed by atoms with E-state index in [2.05, 4.69) is 5.32 Å². The quantitative estimate of drug-likeness (QED) is 0.484. The van der Waals surface area contributed by atoms with Crippen LogP contribution in [0.2, 0.25) is 0 Å². The number of carbonyl (C=O) groups excluding carboxylic acids is 2. The first-order valence-corrected chi connectivity index (χ1v) is 7.47. The van der Waals surface area contributed by atoms with Crippen molar-refractivity contribution in [2.75, 3.05) is 11.9 Å². The lowest BCUT2D eigenvalue weighted by Crippen LogP contribution is -2.08. The summed E-state index contributed by atoms with van der Waals surface area (Å²) in [6.07, 6.45) is -3.24. The molecule has 2 aromatic rings. The first-order valence-electron chi connectivity index (χ1n) is 7.47. The molecule has 0 bridgehead atoms. The van der Waals surface area contributed by atoms with Gasteiger partial charge in [0, 0.05) is 19.2 Å². The summed E-state index contributed by atoms with van der Waals surface area (Å²) in [5, 5.41) is 3.07. The summed E-state index contributed by atoms with van der Waals surface area (Å²) in [5.41, 5.74) is 0.952. The third-order valence-corrected chi connectivity index (χ3v) is 3.41. The highest BCUT2D eigenvalue weighted by Crippen LogP contribution is 2.29. The van der Waals surface area contributed by atoms with Gasteiger partial charge in [-0.3, -0.25) is 9.59 Å². The highest BCUT2D eigenvalue weighted by Gasteiger charge is 2.29. The number of nitrogens with one attached hydrogen (secondary N) is 1. The summed E-state index contributed by atoms with van der Waals surface area (Å²) in [6, 6.07) is 9.67. The molecule has 2 aromatic carbocycles. The molecule has 0 saturated heterocycles. The molecule has 1 N–H and O–H groups in total. The molecule has 0 aliphatic carbocycles. The molecule has 0 amide bonds. The average Bonchev–Trinajstić information content (AvgIpc) is 2.55. The fourth-order valence-electron chi connectivity index (χ4n) is 2.21. The van der Waals surface area contributed by atoms with Gasteiger partial charge in [0.1, 0.15) is 5.75 Å². The van der Waals surface area contributed by atoms with Gasteiger partial charge in [-0.15, -0.1) is 0 Å². The van der Waals surface area contributed by atoms with Gasteiger partial charge in [-0.25, -0.2) is 0 Å². The lowest BCUT2D eigenvalue weighted by atomic mass is 10.1. The zero-order valence-corrected chi connectivity index (χ0v) is 13.4. The summed E-state index contributed by atoms with van der Waals surface area (Å²) >= 11 is 0. The predicted molar refractivity (Wildman–Crippen MR) is 86.8 cm³/mol. The third kappa shape index (κ3) is 5.34. The van der Waals surface area contributed by atoms with Crippen molar-refractivity contribution in [3.05, 3.63) is 59.2 Å². The van der Waals surface area contributed by atoms with Crippen LogP contribution in [0, 0.1) is 0 Å². The van der Waals surface area contributed by atoms with Gasteiger partial charge in [-0.1, -0.05) is 12.1 Å². The normalized spacial score (nSPS) is 11.0. The van der Waals surface area contributed by atoms with Crippen molar-refractivity contribution in [1.82, 2.24) is 0 Å². The Morgan fingerprint density at radius 3 is 2.40 bits per heavy atom. The van der Waals surface area contributed by atoms with Gasteiger partial charge in [0.2, 0.25) is 0 Å². The monoisotopic (exact) mass is 351 g/mol. The van der Waals surface area contributed by atoms with E-state index in [1.54, 1.807) is 6.07 Å². The molecule has 7 heteroatoms. The molecule has 0 atom stereocenters. The molecule has 0 spiro atoms. The number of hydrogen-bond donors (Lipinski definition) is 1. The van der Waals surface area contributed by atoms with E-state index in [-0.39, 0.29) is 11.3 Å². The van der Waals surface area contributed by atoms with Crippen molar-refractivity contribution < 1.29 is 27.5 Å². The van der Waals surface area contributed by atoms with Gasteiger partial charge in [-0.05, 0) is 42.3 Å². The number of aldehydes is 1. The molecule has 0 heterocycles. The van der Waals surface area contributed by atoms with Crippen LogP contribution in [-0.4, -0.2) is 18.8 Å². The lowest BCUT2D eigenvalue weighted by Gasteiger charge is -2.10. The second-order valence-electron chi connectivity index (χ2n) is 5.34. The van der Waals surface area contributed by atoms with Gasteiger partial charge >= 0.3 is 12.1 Å². The van der Waals surface area contributed by atoms with Crippen LogP contribution in [0.15, 0.2) is 42.5 Å². The number of esters is 1. The number of anilines is 1. The smallest absolute Gasteiger partial charge is 0.416 e.